The van der Waals surface area contributed by atoms with Gasteiger partial charge in [0.05, 0.1) is 6.26 Å². The van der Waals surface area contributed by atoms with Crippen LogP contribution in [0.2, 0.25) is 0 Å². The predicted octanol–water partition coefficient (Wildman–Crippen LogP) is 1.68. The summed E-state index contributed by atoms with van der Waals surface area (Å²) in [5.74, 6) is 0.827. The Kier molecular flexibility index (Phi) is 2.77. The maximum atomic E-state index is 8.41. The van der Waals surface area contributed by atoms with Crippen molar-refractivity contribution in [2.24, 2.45) is 0 Å². The first kappa shape index (κ1) is 7.09. The third kappa shape index (κ3) is 2.07. The maximum absolute atomic E-state index is 8.41. The van der Waals surface area contributed by atoms with Gasteiger partial charge in [-0.1, -0.05) is 6.08 Å². The van der Waals surface area contributed by atoms with Gasteiger partial charge in [0.25, 0.3) is 0 Å². The van der Waals surface area contributed by atoms with Gasteiger partial charge in [0, 0.05) is 6.61 Å². The standard InChI is InChI=1S/C8H10O2/c9-6-2-1-4-8-5-3-7-10-8/h1,3-5,7,9H,2,6H2/b4-1-. The molecule has 0 aliphatic heterocycles. The molecule has 2 nitrogen and oxygen atoms in total. The Morgan fingerprint density at radius 2 is 2.50 bits per heavy atom. The van der Waals surface area contributed by atoms with Gasteiger partial charge in [0.1, 0.15) is 5.76 Å². The van der Waals surface area contributed by atoms with Crippen molar-refractivity contribution in [1.29, 1.82) is 0 Å². The van der Waals surface area contributed by atoms with Crippen LogP contribution < -0.4 is 0 Å². The van der Waals surface area contributed by atoms with Crippen molar-refractivity contribution in [3.63, 3.8) is 0 Å². The number of furan rings is 1. The third-order valence-electron chi connectivity index (χ3n) is 1.12. The van der Waals surface area contributed by atoms with Crippen LogP contribution >= 0.6 is 0 Å². The SMILES string of the molecule is OCC/C=C\c1ccco1. The van der Waals surface area contributed by atoms with Crippen molar-refractivity contribution in [3.05, 3.63) is 30.2 Å². The van der Waals surface area contributed by atoms with Crippen LogP contribution in [0.25, 0.3) is 6.08 Å². The van der Waals surface area contributed by atoms with Crippen molar-refractivity contribution in [3.8, 4) is 0 Å². The third-order valence-corrected chi connectivity index (χ3v) is 1.12. The molecule has 0 amide bonds. The van der Waals surface area contributed by atoms with Crippen molar-refractivity contribution in [1.82, 2.24) is 0 Å². The summed E-state index contributed by atoms with van der Waals surface area (Å²) in [7, 11) is 0. The summed E-state index contributed by atoms with van der Waals surface area (Å²) in [5.41, 5.74) is 0. The zero-order chi connectivity index (χ0) is 7.23. The van der Waals surface area contributed by atoms with Crippen LogP contribution in [-0.4, -0.2) is 11.7 Å². The lowest BCUT2D eigenvalue weighted by Gasteiger charge is -1.82. The highest BCUT2D eigenvalue weighted by atomic mass is 16.3. The second kappa shape index (κ2) is 3.90. The summed E-state index contributed by atoms with van der Waals surface area (Å²) >= 11 is 0. The van der Waals surface area contributed by atoms with Crippen molar-refractivity contribution in [2.45, 2.75) is 6.42 Å². The molecular formula is C8H10O2. The molecule has 0 bridgehead atoms. The van der Waals surface area contributed by atoms with Gasteiger partial charge in [0.15, 0.2) is 0 Å². The van der Waals surface area contributed by atoms with Crippen molar-refractivity contribution < 1.29 is 9.52 Å². The molecule has 0 aliphatic rings. The fourth-order valence-electron chi connectivity index (χ4n) is 0.660. The van der Waals surface area contributed by atoms with Crippen LogP contribution in [0.1, 0.15) is 12.2 Å². The van der Waals surface area contributed by atoms with Gasteiger partial charge >= 0.3 is 0 Å². The van der Waals surface area contributed by atoms with E-state index in [1.54, 1.807) is 6.26 Å². The van der Waals surface area contributed by atoms with Gasteiger partial charge in [-0.3, -0.25) is 0 Å². The minimum atomic E-state index is 0.192. The number of aliphatic hydroxyl groups is 1. The molecular weight excluding hydrogens is 128 g/mol. The summed E-state index contributed by atoms with van der Waals surface area (Å²) in [6.45, 7) is 0.192. The zero-order valence-corrected chi connectivity index (χ0v) is 5.66. The topological polar surface area (TPSA) is 33.4 Å². The van der Waals surface area contributed by atoms with E-state index in [2.05, 4.69) is 0 Å². The van der Waals surface area contributed by atoms with E-state index < -0.39 is 0 Å². The van der Waals surface area contributed by atoms with Gasteiger partial charge in [-0.2, -0.15) is 0 Å². The maximum Gasteiger partial charge on any atom is 0.126 e. The number of hydrogen-bond donors (Lipinski definition) is 1. The minimum Gasteiger partial charge on any atom is -0.465 e. The predicted molar refractivity (Wildman–Crippen MR) is 39.4 cm³/mol. The molecule has 0 atom stereocenters. The molecule has 0 saturated heterocycles. The van der Waals surface area contributed by atoms with Crippen LogP contribution in [0.3, 0.4) is 0 Å². The molecule has 1 N–H and O–H groups in total. The Bertz CT molecular complexity index is 187. The first-order valence-corrected chi connectivity index (χ1v) is 3.24. The fraction of sp³-hybridized carbons (Fsp3) is 0.250. The Morgan fingerprint density at radius 3 is 3.10 bits per heavy atom. The monoisotopic (exact) mass is 138 g/mol. The molecule has 0 aliphatic carbocycles. The van der Waals surface area contributed by atoms with E-state index in [4.69, 9.17) is 9.52 Å². The molecule has 2 heteroatoms. The molecule has 0 aromatic carbocycles. The van der Waals surface area contributed by atoms with E-state index in [0.717, 1.165) is 5.76 Å². The molecule has 0 fully saturated rings. The van der Waals surface area contributed by atoms with Crippen LogP contribution in [0.15, 0.2) is 28.9 Å². The molecule has 1 aromatic rings. The lowest BCUT2D eigenvalue weighted by Crippen LogP contribution is -1.74. The first-order valence-electron chi connectivity index (χ1n) is 3.24. The van der Waals surface area contributed by atoms with Gasteiger partial charge < -0.3 is 9.52 Å². The minimum absolute atomic E-state index is 0.192. The van der Waals surface area contributed by atoms with E-state index in [9.17, 15) is 0 Å². The van der Waals surface area contributed by atoms with E-state index in [1.165, 1.54) is 0 Å². The number of aliphatic hydroxyl groups excluding tert-OH is 1. The Labute approximate surface area is 59.8 Å². The molecule has 54 valence electrons. The van der Waals surface area contributed by atoms with Gasteiger partial charge in [-0.05, 0) is 24.6 Å². The molecule has 0 unspecified atom stereocenters. The van der Waals surface area contributed by atoms with Crippen LogP contribution in [0.5, 0.6) is 0 Å². The Morgan fingerprint density at radius 1 is 1.60 bits per heavy atom. The molecule has 0 radical (unpaired) electrons. The summed E-state index contributed by atoms with van der Waals surface area (Å²) in [6.07, 6.45) is 6.02. The summed E-state index contributed by atoms with van der Waals surface area (Å²) in [5, 5.41) is 8.41. The highest BCUT2D eigenvalue weighted by molar-refractivity contribution is 5.41. The highest BCUT2D eigenvalue weighted by Crippen LogP contribution is 2.02. The van der Waals surface area contributed by atoms with E-state index >= 15 is 0 Å². The van der Waals surface area contributed by atoms with Crippen molar-refractivity contribution >= 4 is 6.08 Å². The van der Waals surface area contributed by atoms with E-state index in [1.807, 2.05) is 24.3 Å². The second-order valence-electron chi connectivity index (χ2n) is 1.93. The average Bonchev–Trinajstić information content (AvgIpc) is 2.41. The largest absolute Gasteiger partial charge is 0.465 e. The van der Waals surface area contributed by atoms with Crippen molar-refractivity contribution in [2.75, 3.05) is 6.61 Å². The lowest BCUT2D eigenvalue weighted by molar-refractivity contribution is 0.303. The molecule has 1 heterocycles. The smallest absolute Gasteiger partial charge is 0.126 e. The molecule has 0 saturated carbocycles. The second-order valence-corrected chi connectivity index (χ2v) is 1.93. The van der Waals surface area contributed by atoms with Crippen LogP contribution in [-0.2, 0) is 0 Å². The van der Waals surface area contributed by atoms with Gasteiger partial charge in [-0.15, -0.1) is 0 Å². The van der Waals surface area contributed by atoms with Gasteiger partial charge in [0.2, 0.25) is 0 Å². The van der Waals surface area contributed by atoms with E-state index in [0.29, 0.717) is 6.42 Å². The molecule has 1 rings (SSSR count). The Hall–Kier alpha value is -1.02. The lowest BCUT2D eigenvalue weighted by atomic mass is 10.3. The summed E-state index contributed by atoms with van der Waals surface area (Å²) in [4.78, 5) is 0. The first-order chi connectivity index (χ1) is 4.93. The Balaban J connectivity index is 2.40. The van der Waals surface area contributed by atoms with Crippen LogP contribution in [0.4, 0.5) is 0 Å². The number of rotatable bonds is 3. The van der Waals surface area contributed by atoms with Crippen LogP contribution in [0, 0.1) is 0 Å². The average molecular weight is 138 g/mol. The molecule has 0 spiro atoms. The molecule has 10 heavy (non-hydrogen) atoms. The zero-order valence-electron chi connectivity index (χ0n) is 5.66. The normalized spacial score (nSPS) is 10.9. The summed E-state index contributed by atoms with van der Waals surface area (Å²) in [6, 6.07) is 3.70. The van der Waals surface area contributed by atoms with Gasteiger partial charge in [-0.25, -0.2) is 0 Å². The quantitative estimate of drug-likeness (QED) is 0.689. The molecule has 1 aromatic heterocycles. The summed E-state index contributed by atoms with van der Waals surface area (Å²) < 4.78 is 5.01. The van der Waals surface area contributed by atoms with E-state index in [-0.39, 0.29) is 6.61 Å². The highest BCUT2D eigenvalue weighted by Gasteiger charge is 1.84. The number of hydrogen-bond acceptors (Lipinski definition) is 2. The fourth-order valence-corrected chi connectivity index (χ4v) is 0.660.